The molecule has 2 heterocycles. The molecule has 0 saturated carbocycles. The Morgan fingerprint density at radius 2 is 2.19 bits per heavy atom. The molecule has 1 unspecified atom stereocenters. The van der Waals surface area contributed by atoms with E-state index in [0.717, 1.165) is 28.8 Å². The van der Waals surface area contributed by atoms with Gasteiger partial charge in [-0.3, -0.25) is 0 Å². The van der Waals surface area contributed by atoms with Crippen LogP contribution in [0.15, 0.2) is 40.2 Å². The Hall–Kier alpha value is -1.17. The van der Waals surface area contributed by atoms with Gasteiger partial charge in [-0.1, -0.05) is 19.1 Å². The highest BCUT2D eigenvalue weighted by molar-refractivity contribution is 9.10. The highest BCUT2D eigenvalue weighted by Crippen LogP contribution is 2.28. The lowest BCUT2D eigenvalue weighted by Crippen LogP contribution is -2.23. The van der Waals surface area contributed by atoms with E-state index in [1.54, 1.807) is 11.3 Å². The molecule has 5 heteroatoms. The first-order valence-electron chi connectivity index (χ1n) is 7.06. The zero-order chi connectivity index (χ0) is 14.8. The zero-order valence-electron chi connectivity index (χ0n) is 12.1. The second-order valence-corrected chi connectivity index (χ2v) is 6.92. The molecule has 3 rings (SSSR count). The second kappa shape index (κ2) is 6.30. The van der Waals surface area contributed by atoms with Gasteiger partial charge in [0, 0.05) is 34.2 Å². The molecule has 1 N–H and O–H groups in total. The smallest absolute Gasteiger partial charge is 0.111 e. The Morgan fingerprint density at radius 1 is 1.38 bits per heavy atom. The number of benzene rings is 1. The number of nitrogens with zero attached hydrogens (tertiary/aromatic N) is 2. The van der Waals surface area contributed by atoms with Crippen molar-refractivity contribution in [3.63, 3.8) is 0 Å². The topological polar surface area (TPSA) is 29.9 Å². The Morgan fingerprint density at radius 3 is 2.86 bits per heavy atom. The van der Waals surface area contributed by atoms with Crippen molar-refractivity contribution in [2.75, 3.05) is 6.54 Å². The van der Waals surface area contributed by atoms with Crippen molar-refractivity contribution in [2.45, 2.75) is 19.4 Å². The Bertz CT molecular complexity index is 747. The van der Waals surface area contributed by atoms with Gasteiger partial charge in [0.15, 0.2) is 0 Å². The van der Waals surface area contributed by atoms with Crippen LogP contribution in [0.4, 0.5) is 0 Å². The highest BCUT2D eigenvalue weighted by Gasteiger charge is 2.17. The SMILES string of the molecule is CCNC(Cc1nc2ccccc2n1C)c1cc(Br)cs1. The minimum absolute atomic E-state index is 0.307. The van der Waals surface area contributed by atoms with Gasteiger partial charge >= 0.3 is 0 Å². The standard InChI is InChI=1S/C16H18BrN3S/c1-3-18-13(15-8-11(17)10-21-15)9-16-19-12-6-4-5-7-14(12)20(16)2/h4-8,10,13,18H,3,9H2,1-2H3. The minimum Gasteiger partial charge on any atom is -0.331 e. The molecule has 0 bridgehead atoms. The van der Waals surface area contributed by atoms with E-state index in [1.165, 1.54) is 10.4 Å². The molecule has 0 aliphatic heterocycles. The number of hydrogen-bond acceptors (Lipinski definition) is 3. The lowest BCUT2D eigenvalue weighted by molar-refractivity contribution is 0.538. The van der Waals surface area contributed by atoms with Gasteiger partial charge in [0.1, 0.15) is 5.82 Å². The fourth-order valence-corrected chi connectivity index (χ4v) is 4.11. The van der Waals surface area contributed by atoms with Crippen LogP contribution >= 0.6 is 27.3 Å². The third kappa shape index (κ3) is 3.05. The van der Waals surface area contributed by atoms with Gasteiger partial charge in [-0.05, 0) is 40.7 Å². The normalized spacial score (nSPS) is 12.9. The van der Waals surface area contributed by atoms with E-state index in [-0.39, 0.29) is 0 Å². The Kier molecular flexibility index (Phi) is 4.42. The zero-order valence-corrected chi connectivity index (χ0v) is 14.5. The molecule has 110 valence electrons. The number of nitrogens with one attached hydrogen (secondary N) is 1. The molecule has 1 aromatic carbocycles. The van der Waals surface area contributed by atoms with Crippen LogP contribution in [0.1, 0.15) is 23.7 Å². The summed E-state index contributed by atoms with van der Waals surface area (Å²) in [6.07, 6.45) is 0.895. The molecule has 21 heavy (non-hydrogen) atoms. The number of aryl methyl sites for hydroxylation is 1. The Labute approximate surface area is 137 Å². The summed E-state index contributed by atoms with van der Waals surface area (Å²) in [5, 5.41) is 5.70. The number of likely N-dealkylation sites (N-methyl/N-ethyl adjacent to an activating group) is 1. The predicted molar refractivity (Wildman–Crippen MR) is 92.9 cm³/mol. The fraction of sp³-hybridized carbons (Fsp3) is 0.312. The lowest BCUT2D eigenvalue weighted by Gasteiger charge is -2.16. The van der Waals surface area contributed by atoms with Gasteiger partial charge in [-0.15, -0.1) is 11.3 Å². The van der Waals surface area contributed by atoms with Crippen LogP contribution in [-0.4, -0.2) is 16.1 Å². The van der Waals surface area contributed by atoms with E-state index in [0.29, 0.717) is 6.04 Å². The van der Waals surface area contributed by atoms with E-state index in [2.05, 4.69) is 69.4 Å². The first-order valence-corrected chi connectivity index (χ1v) is 8.74. The number of thiophene rings is 1. The van der Waals surface area contributed by atoms with Gasteiger partial charge in [-0.25, -0.2) is 4.98 Å². The summed E-state index contributed by atoms with van der Waals surface area (Å²) in [6, 6.07) is 10.8. The monoisotopic (exact) mass is 363 g/mol. The van der Waals surface area contributed by atoms with E-state index in [1.807, 2.05) is 6.07 Å². The van der Waals surface area contributed by atoms with Crippen LogP contribution in [0.3, 0.4) is 0 Å². The Balaban J connectivity index is 1.92. The maximum atomic E-state index is 4.78. The van der Waals surface area contributed by atoms with Crippen molar-refractivity contribution in [1.29, 1.82) is 0 Å². The summed E-state index contributed by atoms with van der Waals surface area (Å²) in [7, 11) is 2.10. The molecule has 0 spiro atoms. The molecule has 3 aromatic rings. The molecule has 0 saturated heterocycles. The van der Waals surface area contributed by atoms with Crippen LogP contribution in [0.2, 0.25) is 0 Å². The van der Waals surface area contributed by atoms with Crippen molar-refractivity contribution in [3.05, 3.63) is 50.9 Å². The maximum Gasteiger partial charge on any atom is 0.111 e. The summed E-state index contributed by atoms with van der Waals surface area (Å²) in [6.45, 7) is 3.09. The average Bonchev–Trinajstić information content (AvgIpc) is 3.04. The average molecular weight is 364 g/mol. The van der Waals surface area contributed by atoms with Crippen molar-refractivity contribution in [2.24, 2.45) is 7.05 Å². The molecule has 0 aliphatic carbocycles. The van der Waals surface area contributed by atoms with Crippen LogP contribution in [0, 0.1) is 0 Å². The molecule has 0 aliphatic rings. The van der Waals surface area contributed by atoms with Gasteiger partial charge in [0.2, 0.25) is 0 Å². The second-order valence-electron chi connectivity index (χ2n) is 5.06. The third-order valence-electron chi connectivity index (χ3n) is 3.65. The number of hydrogen-bond donors (Lipinski definition) is 1. The number of rotatable bonds is 5. The van der Waals surface area contributed by atoms with Crippen molar-refractivity contribution >= 4 is 38.3 Å². The molecule has 3 nitrogen and oxygen atoms in total. The van der Waals surface area contributed by atoms with Gasteiger partial charge in [0.25, 0.3) is 0 Å². The molecular formula is C16H18BrN3S. The molecule has 0 amide bonds. The fourth-order valence-electron chi connectivity index (χ4n) is 2.59. The van der Waals surface area contributed by atoms with E-state index < -0.39 is 0 Å². The van der Waals surface area contributed by atoms with Crippen molar-refractivity contribution in [3.8, 4) is 0 Å². The van der Waals surface area contributed by atoms with Crippen LogP contribution in [-0.2, 0) is 13.5 Å². The minimum atomic E-state index is 0.307. The van der Waals surface area contributed by atoms with Gasteiger partial charge in [0.05, 0.1) is 11.0 Å². The quantitative estimate of drug-likeness (QED) is 0.732. The van der Waals surface area contributed by atoms with Crippen molar-refractivity contribution < 1.29 is 0 Å². The van der Waals surface area contributed by atoms with Gasteiger partial charge < -0.3 is 9.88 Å². The van der Waals surface area contributed by atoms with Crippen LogP contribution in [0.25, 0.3) is 11.0 Å². The first kappa shape index (κ1) is 14.8. The van der Waals surface area contributed by atoms with Gasteiger partial charge in [-0.2, -0.15) is 0 Å². The molecule has 1 atom stereocenters. The number of halogens is 1. The van der Waals surface area contributed by atoms with Crippen LogP contribution in [0.5, 0.6) is 0 Å². The number of para-hydroxylation sites is 2. The number of aromatic nitrogens is 2. The van der Waals surface area contributed by atoms with Crippen molar-refractivity contribution in [1.82, 2.24) is 14.9 Å². The number of imidazole rings is 1. The molecular weight excluding hydrogens is 346 g/mol. The maximum absolute atomic E-state index is 4.78. The van der Waals surface area contributed by atoms with Crippen LogP contribution < -0.4 is 5.32 Å². The largest absolute Gasteiger partial charge is 0.331 e. The molecule has 0 radical (unpaired) electrons. The first-order chi connectivity index (χ1) is 10.2. The van der Waals surface area contributed by atoms with E-state index >= 15 is 0 Å². The van der Waals surface area contributed by atoms with E-state index in [9.17, 15) is 0 Å². The summed E-state index contributed by atoms with van der Waals surface area (Å²) in [5.74, 6) is 1.12. The summed E-state index contributed by atoms with van der Waals surface area (Å²) in [4.78, 5) is 6.13. The summed E-state index contributed by atoms with van der Waals surface area (Å²) in [5.41, 5.74) is 2.26. The molecule has 2 aromatic heterocycles. The molecule has 0 fully saturated rings. The number of fused-ring (bicyclic) bond motifs is 1. The summed E-state index contributed by atoms with van der Waals surface area (Å²) >= 11 is 5.32. The lowest BCUT2D eigenvalue weighted by atomic mass is 10.1. The predicted octanol–water partition coefficient (Wildman–Crippen LogP) is 4.29. The third-order valence-corrected chi connectivity index (χ3v) is 5.46. The summed E-state index contributed by atoms with van der Waals surface area (Å²) < 4.78 is 3.35. The highest BCUT2D eigenvalue weighted by atomic mass is 79.9. The van der Waals surface area contributed by atoms with E-state index in [4.69, 9.17) is 4.98 Å².